The van der Waals surface area contributed by atoms with Crippen LogP contribution in [0.3, 0.4) is 0 Å². The zero-order valence-corrected chi connectivity index (χ0v) is 14.6. The molecule has 0 atom stereocenters. The molecule has 3 aromatic heterocycles. The van der Waals surface area contributed by atoms with Crippen LogP contribution in [0, 0.1) is 0 Å². The molecule has 0 saturated carbocycles. The van der Waals surface area contributed by atoms with Crippen molar-refractivity contribution in [3.63, 3.8) is 0 Å². The number of nitrogens with one attached hydrogen (secondary N) is 1. The average molecular weight is 366 g/mol. The van der Waals surface area contributed by atoms with Crippen LogP contribution in [0.5, 0.6) is 0 Å². The molecule has 11 heteroatoms. The number of anilines is 1. The van der Waals surface area contributed by atoms with Gasteiger partial charge < -0.3 is 9.88 Å². The maximum Gasteiger partial charge on any atom is 0.332 e. The number of nitrogens with zero attached hydrogens (tertiary/aromatic N) is 6. The molecule has 0 unspecified atom stereocenters. The molecule has 0 aliphatic carbocycles. The third-order valence-electron chi connectivity index (χ3n) is 3.96. The quantitative estimate of drug-likeness (QED) is 0.654. The summed E-state index contributed by atoms with van der Waals surface area (Å²) in [5, 5.41) is 6.99. The van der Waals surface area contributed by atoms with Crippen LogP contribution >= 0.6 is 11.6 Å². The zero-order valence-electron chi connectivity index (χ0n) is 13.9. The van der Waals surface area contributed by atoms with E-state index in [1.54, 1.807) is 11.6 Å². The minimum absolute atomic E-state index is 0.219. The maximum absolute atomic E-state index is 12.4. The van der Waals surface area contributed by atoms with E-state index >= 15 is 0 Å². The molecule has 3 rings (SSSR count). The molecule has 0 fully saturated rings. The summed E-state index contributed by atoms with van der Waals surface area (Å²) < 4.78 is 5.15. The van der Waals surface area contributed by atoms with Crippen molar-refractivity contribution in [2.75, 3.05) is 11.9 Å². The Bertz CT molecular complexity index is 1140. The van der Waals surface area contributed by atoms with Gasteiger partial charge in [-0.05, 0) is 0 Å². The molecule has 0 saturated heterocycles. The van der Waals surface area contributed by atoms with Gasteiger partial charge in [0.1, 0.15) is 5.69 Å². The summed E-state index contributed by atoms with van der Waals surface area (Å²) in [5.74, 6) is 0. The topological polar surface area (TPSA) is 109 Å². The van der Waals surface area contributed by atoms with Gasteiger partial charge in [0.25, 0.3) is 11.1 Å². The summed E-state index contributed by atoms with van der Waals surface area (Å²) in [6, 6.07) is 0. The van der Waals surface area contributed by atoms with Crippen LogP contribution < -0.4 is 22.1 Å². The van der Waals surface area contributed by atoms with Crippen LogP contribution in [-0.4, -0.2) is 35.0 Å². The Morgan fingerprint density at radius 2 is 1.84 bits per heavy atom. The Kier molecular flexibility index (Phi) is 4.21. The van der Waals surface area contributed by atoms with E-state index in [2.05, 4.69) is 15.4 Å². The lowest BCUT2D eigenvalue weighted by molar-refractivity contribution is 0.691. The molecular formula is C14H16ClN7O3. The van der Waals surface area contributed by atoms with E-state index in [-0.39, 0.29) is 16.3 Å². The Hall–Kier alpha value is -2.88. The summed E-state index contributed by atoms with van der Waals surface area (Å²) in [6.45, 7) is 0.683. The first-order chi connectivity index (χ1) is 11.8. The molecule has 0 bridgehead atoms. The van der Waals surface area contributed by atoms with Crippen LogP contribution in [0.2, 0.25) is 5.02 Å². The predicted molar refractivity (Wildman–Crippen MR) is 93.2 cm³/mol. The zero-order chi connectivity index (χ0) is 18.3. The van der Waals surface area contributed by atoms with Gasteiger partial charge in [-0.1, -0.05) is 11.6 Å². The van der Waals surface area contributed by atoms with E-state index in [0.29, 0.717) is 24.3 Å². The summed E-state index contributed by atoms with van der Waals surface area (Å²) in [6.07, 6.45) is 2.86. The third-order valence-corrected chi connectivity index (χ3v) is 4.25. The smallest absolute Gasteiger partial charge is 0.332 e. The van der Waals surface area contributed by atoms with Crippen LogP contribution in [0.1, 0.15) is 0 Å². The van der Waals surface area contributed by atoms with E-state index in [4.69, 9.17) is 11.6 Å². The second-order valence-corrected chi connectivity index (χ2v) is 5.95. The van der Waals surface area contributed by atoms with Gasteiger partial charge in [0, 0.05) is 34.2 Å². The van der Waals surface area contributed by atoms with Crippen molar-refractivity contribution >= 4 is 28.5 Å². The number of imidazole rings is 1. The molecule has 0 radical (unpaired) electrons. The fraction of sp³-hybridized carbons (Fsp3) is 0.357. The number of hydrogen-bond donors (Lipinski definition) is 1. The fourth-order valence-electron chi connectivity index (χ4n) is 2.55. The van der Waals surface area contributed by atoms with Crippen molar-refractivity contribution < 1.29 is 0 Å². The summed E-state index contributed by atoms with van der Waals surface area (Å²) in [7, 11) is 4.50. The minimum atomic E-state index is -0.437. The number of fused-ring (bicyclic) bond motifs is 1. The molecule has 0 spiro atoms. The minimum Gasteiger partial charge on any atom is -0.377 e. The molecule has 0 aliphatic heterocycles. The molecule has 3 aromatic rings. The van der Waals surface area contributed by atoms with Crippen molar-refractivity contribution in [3.05, 3.63) is 48.7 Å². The molecule has 25 heavy (non-hydrogen) atoms. The SMILES string of the molecule is Cn1ncc(Cl)c(NCCn2cnc3c2c(=O)n(C)c(=O)n3C)c1=O. The van der Waals surface area contributed by atoms with Gasteiger partial charge >= 0.3 is 5.69 Å². The molecule has 0 amide bonds. The highest BCUT2D eigenvalue weighted by molar-refractivity contribution is 6.32. The molecule has 3 heterocycles. The highest BCUT2D eigenvalue weighted by atomic mass is 35.5. The van der Waals surface area contributed by atoms with E-state index in [9.17, 15) is 14.4 Å². The molecule has 132 valence electrons. The van der Waals surface area contributed by atoms with E-state index < -0.39 is 11.2 Å². The molecule has 1 N–H and O–H groups in total. The Morgan fingerprint density at radius 1 is 1.12 bits per heavy atom. The third kappa shape index (κ3) is 2.74. The van der Waals surface area contributed by atoms with E-state index in [1.807, 2.05) is 0 Å². The first kappa shape index (κ1) is 17.0. The van der Waals surface area contributed by atoms with Gasteiger partial charge in [-0.3, -0.25) is 18.7 Å². The lowest BCUT2D eigenvalue weighted by Crippen LogP contribution is -2.37. The number of aryl methyl sites for hydroxylation is 2. The fourth-order valence-corrected chi connectivity index (χ4v) is 2.74. The lowest BCUT2D eigenvalue weighted by Gasteiger charge is -2.10. The molecule has 0 aliphatic rings. The first-order valence-electron chi connectivity index (χ1n) is 7.39. The van der Waals surface area contributed by atoms with Gasteiger partial charge in [-0.2, -0.15) is 5.10 Å². The van der Waals surface area contributed by atoms with E-state index in [1.165, 1.54) is 35.9 Å². The summed E-state index contributed by atoms with van der Waals surface area (Å²) >= 11 is 5.99. The van der Waals surface area contributed by atoms with Crippen LogP contribution in [0.25, 0.3) is 11.2 Å². The average Bonchev–Trinajstić information content (AvgIpc) is 3.01. The van der Waals surface area contributed by atoms with Crippen molar-refractivity contribution in [3.8, 4) is 0 Å². The van der Waals surface area contributed by atoms with Crippen LogP contribution in [-0.2, 0) is 27.7 Å². The van der Waals surface area contributed by atoms with Gasteiger partial charge in [0.15, 0.2) is 11.2 Å². The second kappa shape index (κ2) is 6.20. The van der Waals surface area contributed by atoms with Gasteiger partial charge in [-0.15, -0.1) is 0 Å². The molecular weight excluding hydrogens is 350 g/mol. The largest absolute Gasteiger partial charge is 0.377 e. The second-order valence-electron chi connectivity index (χ2n) is 5.54. The van der Waals surface area contributed by atoms with E-state index in [0.717, 1.165) is 4.57 Å². The highest BCUT2D eigenvalue weighted by Gasteiger charge is 2.14. The lowest BCUT2D eigenvalue weighted by atomic mass is 10.4. The maximum atomic E-state index is 12.4. The summed E-state index contributed by atoms with van der Waals surface area (Å²) in [5.41, 5.74) is -0.335. The highest BCUT2D eigenvalue weighted by Crippen LogP contribution is 2.14. The Labute approximate surface area is 145 Å². The van der Waals surface area contributed by atoms with Gasteiger partial charge in [-0.25, -0.2) is 14.5 Å². The van der Waals surface area contributed by atoms with Crippen molar-refractivity contribution in [2.24, 2.45) is 21.1 Å². The number of rotatable bonds is 4. The molecule has 0 aromatic carbocycles. The van der Waals surface area contributed by atoms with Crippen molar-refractivity contribution in [1.82, 2.24) is 28.5 Å². The standard InChI is InChI=1S/C14H16ClN7O3/c1-19-11-10(13(24)20(2)14(19)25)22(7-17-11)5-4-16-9-8(15)6-18-21(3)12(9)23/h6-7,16H,4-5H2,1-3H3. The number of hydrogen-bond acceptors (Lipinski definition) is 6. The van der Waals surface area contributed by atoms with Crippen molar-refractivity contribution in [2.45, 2.75) is 6.54 Å². The Balaban J connectivity index is 1.91. The number of halogens is 1. The number of aromatic nitrogens is 6. The van der Waals surface area contributed by atoms with Gasteiger partial charge in [0.05, 0.1) is 17.5 Å². The monoisotopic (exact) mass is 365 g/mol. The predicted octanol–water partition coefficient (Wildman–Crippen LogP) is -0.707. The van der Waals surface area contributed by atoms with Crippen molar-refractivity contribution in [1.29, 1.82) is 0 Å². The summed E-state index contributed by atoms with van der Waals surface area (Å²) in [4.78, 5) is 40.4. The van der Waals surface area contributed by atoms with Gasteiger partial charge in [0.2, 0.25) is 0 Å². The Morgan fingerprint density at radius 3 is 2.56 bits per heavy atom. The molecule has 10 nitrogen and oxygen atoms in total. The normalized spacial score (nSPS) is 11.2. The van der Waals surface area contributed by atoms with Crippen LogP contribution in [0.15, 0.2) is 26.9 Å². The first-order valence-corrected chi connectivity index (χ1v) is 7.77. The van der Waals surface area contributed by atoms with Crippen LogP contribution in [0.4, 0.5) is 5.69 Å².